The Kier molecular flexibility index (Phi) is 9.62. The lowest BCUT2D eigenvalue weighted by Gasteiger charge is -2.64. The summed E-state index contributed by atoms with van der Waals surface area (Å²) in [4.78, 5) is 7.89. The number of benzene rings is 8. The van der Waals surface area contributed by atoms with Gasteiger partial charge in [-0.3, -0.25) is 0 Å². The molecule has 350 valence electrons. The zero-order valence-corrected chi connectivity index (χ0v) is 42.3. The third-order valence-corrected chi connectivity index (χ3v) is 18.3. The Bertz CT molecular complexity index is 3370. The van der Waals surface area contributed by atoms with E-state index >= 15 is 0 Å². The lowest BCUT2D eigenvalue weighted by atomic mass is 9.32. The fourth-order valence-electron chi connectivity index (χ4n) is 15.3. The van der Waals surface area contributed by atoms with Crippen molar-refractivity contribution in [1.29, 1.82) is 0 Å². The van der Waals surface area contributed by atoms with Gasteiger partial charge in [0, 0.05) is 45.2 Å². The van der Waals surface area contributed by atoms with Gasteiger partial charge in [-0.1, -0.05) is 157 Å². The summed E-state index contributed by atoms with van der Waals surface area (Å²) in [5, 5.41) is 0. The highest BCUT2D eigenvalue weighted by atomic mass is 15.2. The molecule has 4 saturated carbocycles. The lowest BCUT2D eigenvalue weighted by Crippen LogP contribution is -2.64. The largest absolute Gasteiger partial charge is 0.311 e. The zero-order chi connectivity index (χ0) is 47.9. The number of nitrogens with zero attached hydrogens (tertiary/aromatic N) is 3. The molecule has 3 heterocycles. The number of aryl methyl sites for hydroxylation is 1. The molecule has 15 rings (SSSR count). The minimum absolute atomic E-state index is 0.00162. The Hall–Kier alpha value is -6.78. The van der Waals surface area contributed by atoms with Gasteiger partial charge in [-0.25, -0.2) is 0 Å². The second kappa shape index (κ2) is 15.9. The van der Waals surface area contributed by atoms with Crippen LogP contribution in [0.2, 0.25) is 0 Å². The Labute approximate surface area is 422 Å². The Morgan fingerprint density at radius 3 is 1.90 bits per heavy atom. The number of rotatable bonds is 7. The summed E-state index contributed by atoms with van der Waals surface area (Å²) in [6.07, 6.45) is 7.86. The lowest BCUT2D eigenvalue weighted by molar-refractivity contribution is -0.0419. The molecule has 0 aromatic heterocycles. The molecule has 0 radical (unpaired) electrons. The zero-order valence-electron chi connectivity index (χ0n) is 42.3. The van der Waals surface area contributed by atoms with Gasteiger partial charge in [-0.05, 0) is 190 Å². The standard InChI is InChI=1S/C67H64BN3/c1-7-43-23-30-53(31-24-43)70-61-32-27-48(46-25-28-49(29-26-46)66(4,5)6)39-59(61)68-58-21-14-20-57-65(58)71(60-22-12-11-19-56(60)67(57)50-34-44-33-45(36-50)37-51(67)35-44)63-41-55(40-62(70)64(63)68)69(52-16-9-8-10-17-52)54-18-13-15-47(38-54)42(2)3/h8-32,38-42,44-45,50-51H,7,33-37H2,1-6H3. The van der Waals surface area contributed by atoms with Gasteiger partial charge in [-0.15, -0.1) is 0 Å². The van der Waals surface area contributed by atoms with E-state index < -0.39 is 0 Å². The van der Waals surface area contributed by atoms with Crippen molar-refractivity contribution in [3.63, 3.8) is 0 Å². The van der Waals surface area contributed by atoms with E-state index in [9.17, 15) is 0 Å². The molecule has 1 spiro atoms. The van der Waals surface area contributed by atoms with Crippen LogP contribution in [0.25, 0.3) is 11.1 Å². The van der Waals surface area contributed by atoms with Crippen molar-refractivity contribution in [2.24, 2.45) is 23.7 Å². The fraction of sp³-hybridized carbons (Fsp3) is 0.284. The van der Waals surface area contributed by atoms with E-state index in [-0.39, 0.29) is 17.5 Å². The normalized spacial score (nSPS) is 21.8. The molecule has 8 aromatic carbocycles. The first-order valence-electron chi connectivity index (χ1n) is 26.9. The molecule has 4 heteroatoms. The van der Waals surface area contributed by atoms with Crippen LogP contribution < -0.4 is 31.1 Å². The van der Waals surface area contributed by atoms with Crippen molar-refractivity contribution in [2.45, 2.75) is 96.8 Å². The average molecular weight is 922 g/mol. The van der Waals surface area contributed by atoms with Crippen LogP contribution in [-0.2, 0) is 17.3 Å². The molecule has 0 unspecified atom stereocenters. The van der Waals surface area contributed by atoms with Crippen molar-refractivity contribution in [2.75, 3.05) is 14.7 Å². The maximum absolute atomic E-state index is 2.77. The van der Waals surface area contributed by atoms with Gasteiger partial charge in [0.25, 0.3) is 6.71 Å². The summed E-state index contributed by atoms with van der Waals surface area (Å²) in [5.41, 5.74) is 25.3. The number of hydrogen-bond acceptors (Lipinski definition) is 3. The van der Waals surface area contributed by atoms with E-state index in [1.54, 1.807) is 11.1 Å². The molecule has 0 atom stereocenters. The van der Waals surface area contributed by atoms with Crippen LogP contribution in [0.5, 0.6) is 0 Å². The van der Waals surface area contributed by atoms with Gasteiger partial charge in [-0.2, -0.15) is 0 Å². The van der Waals surface area contributed by atoms with Crippen LogP contribution >= 0.6 is 0 Å². The first-order chi connectivity index (χ1) is 34.6. The van der Waals surface area contributed by atoms with E-state index in [4.69, 9.17) is 0 Å². The molecule has 3 aliphatic heterocycles. The Morgan fingerprint density at radius 1 is 0.549 bits per heavy atom. The predicted octanol–water partition coefficient (Wildman–Crippen LogP) is 15.9. The Balaban J connectivity index is 1.09. The van der Waals surface area contributed by atoms with E-state index in [0.717, 1.165) is 29.6 Å². The number of para-hydroxylation sites is 3. The van der Waals surface area contributed by atoms with E-state index in [0.29, 0.717) is 17.8 Å². The molecule has 7 aliphatic rings. The van der Waals surface area contributed by atoms with Gasteiger partial charge in [0.2, 0.25) is 0 Å². The van der Waals surface area contributed by atoms with Crippen LogP contribution in [0.4, 0.5) is 51.2 Å². The summed E-state index contributed by atoms with van der Waals surface area (Å²) < 4.78 is 0. The summed E-state index contributed by atoms with van der Waals surface area (Å²) in [6, 6.07) is 68.9. The maximum Gasteiger partial charge on any atom is 0.252 e. The molecule has 4 bridgehead atoms. The van der Waals surface area contributed by atoms with Crippen LogP contribution in [0, 0.1) is 23.7 Å². The highest BCUT2D eigenvalue weighted by Crippen LogP contribution is 2.70. The second-order valence-corrected chi connectivity index (χ2v) is 23.5. The van der Waals surface area contributed by atoms with Gasteiger partial charge in [0.1, 0.15) is 0 Å². The Morgan fingerprint density at radius 2 is 1.20 bits per heavy atom. The van der Waals surface area contributed by atoms with Crippen molar-refractivity contribution >= 4 is 74.3 Å². The van der Waals surface area contributed by atoms with Crippen molar-refractivity contribution in [3.8, 4) is 11.1 Å². The van der Waals surface area contributed by atoms with Crippen LogP contribution in [-0.4, -0.2) is 6.71 Å². The molecule has 4 fully saturated rings. The highest BCUT2D eigenvalue weighted by molar-refractivity contribution is 7.00. The summed E-state index contributed by atoms with van der Waals surface area (Å²) in [7, 11) is 0. The average Bonchev–Trinajstić information content (AvgIpc) is 3.39. The fourth-order valence-corrected chi connectivity index (χ4v) is 15.3. The van der Waals surface area contributed by atoms with Gasteiger partial charge < -0.3 is 14.7 Å². The third kappa shape index (κ3) is 6.35. The summed E-state index contributed by atoms with van der Waals surface area (Å²) >= 11 is 0. The molecule has 0 saturated heterocycles. The van der Waals surface area contributed by atoms with Crippen LogP contribution in [0.15, 0.2) is 176 Å². The van der Waals surface area contributed by atoms with E-state index in [2.05, 4.69) is 232 Å². The van der Waals surface area contributed by atoms with Crippen molar-refractivity contribution in [3.05, 3.63) is 204 Å². The van der Waals surface area contributed by atoms with Crippen molar-refractivity contribution < 1.29 is 0 Å². The first-order valence-corrected chi connectivity index (χ1v) is 26.9. The van der Waals surface area contributed by atoms with E-state index in [1.165, 1.54) is 116 Å². The van der Waals surface area contributed by atoms with Gasteiger partial charge in [0.05, 0.1) is 11.4 Å². The second-order valence-electron chi connectivity index (χ2n) is 23.5. The number of fused-ring (bicyclic) bond motifs is 6. The molecule has 0 amide bonds. The third-order valence-electron chi connectivity index (χ3n) is 18.3. The minimum Gasteiger partial charge on any atom is -0.311 e. The summed E-state index contributed by atoms with van der Waals surface area (Å²) in [6.45, 7) is 13.8. The molecular weight excluding hydrogens is 858 g/mol. The number of anilines is 9. The molecule has 8 aromatic rings. The smallest absolute Gasteiger partial charge is 0.252 e. The minimum atomic E-state index is -0.00162. The molecule has 4 aliphatic carbocycles. The van der Waals surface area contributed by atoms with Crippen molar-refractivity contribution in [1.82, 2.24) is 0 Å². The van der Waals surface area contributed by atoms with Gasteiger partial charge >= 0.3 is 0 Å². The quantitative estimate of drug-likeness (QED) is 0.148. The molecule has 0 N–H and O–H groups in total. The first kappa shape index (κ1) is 43.0. The van der Waals surface area contributed by atoms with Gasteiger partial charge in [0.15, 0.2) is 0 Å². The maximum atomic E-state index is 2.77. The SMILES string of the molecule is CCc1ccc(N2c3ccc(-c4ccc(C(C)(C)C)cc4)cc3B3c4cccc5c4N(c4ccccc4C54C5CC6CC(C5)CC4C6)c4cc(N(c5ccccc5)c5cccc(C(C)C)c5)cc2c43)cc1. The van der Waals surface area contributed by atoms with Crippen LogP contribution in [0.3, 0.4) is 0 Å². The molecular formula is C67H64BN3. The number of hydrogen-bond donors (Lipinski definition) is 0. The highest BCUT2D eigenvalue weighted by Gasteiger charge is 2.62. The predicted molar refractivity (Wildman–Crippen MR) is 301 cm³/mol. The monoisotopic (exact) mass is 922 g/mol. The van der Waals surface area contributed by atoms with Crippen LogP contribution in [0.1, 0.15) is 107 Å². The summed E-state index contributed by atoms with van der Waals surface area (Å²) in [5.74, 6) is 3.45. The molecule has 71 heavy (non-hydrogen) atoms. The van der Waals surface area contributed by atoms with E-state index in [1.807, 2.05) is 0 Å². The molecule has 3 nitrogen and oxygen atoms in total. The topological polar surface area (TPSA) is 9.72 Å².